The highest BCUT2D eigenvalue weighted by Crippen LogP contribution is 2.61. The first-order valence-electron chi connectivity index (χ1n) is 10.6. The lowest BCUT2D eigenvalue weighted by atomic mass is 9.55. The Morgan fingerprint density at radius 2 is 2.04 bits per heavy atom. The molecule has 144 valence electrons. The van der Waals surface area contributed by atoms with E-state index in [1.165, 1.54) is 43.2 Å². The molecule has 0 aliphatic heterocycles. The van der Waals surface area contributed by atoms with Gasteiger partial charge in [-0.3, -0.25) is 0 Å². The first-order valence-corrected chi connectivity index (χ1v) is 10.6. The molecule has 0 amide bonds. The van der Waals surface area contributed by atoms with Gasteiger partial charge in [-0.15, -0.1) is 0 Å². The Morgan fingerprint density at radius 3 is 2.85 bits per heavy atom. The van der Waals surface area contributed by atoms with Crippen LogP contribution in [0.15, 0.2) is 18.2 Å². The first kappa shape index (κ1) is 18.3. The highest BCUT2D eigenvalue weighted by atomic mass is 16.5. The minimum absolute atomic E-state index is 0.369. The van der Waals surface area contributed by atoms with Crippen molar-refractivity contribution in [2.45, 2.75) is 63.9 Å². The summed E-state index contributed by atoms with van der Waals surface area (Å²) in [7, 11) is 4.27. The maximum atomic E-state index is 9.83. The Hall–Kier alpha value is -1.06. The van der Waals surface area contributed by atoms with Gasteiger partial charge in [0.15, 0.2) is 0 Å². The number of fused-ring (bicyclic) bond motifs is 5. The Balaban J connectivity index is 1.45. The highest BCUT2D eigenvalue weighted by Gasteiger charge is 2.55. The van der Waals surface area contributed by atoms with Crippen LogP contribution in [0.5, 0.6) is 5.75 Å². The molecule has 0 unspecified atom stereocenters. The lowest BCUT2D eigenvalue weighted by Gasteiger charge is -2.50. The topological polar surface area (TPSA) is 32.7 Å². The zero-order chi connectivity index (χ0) is 18.3. The Bertz CT molecular complexity index is 643. The maximum Gasteiger partial charge on any atom is 0.115 e. The smallest absolute Gasteiger partial charge is 0.115 e. The van der Waals surface area contributed by atoms with Gasteiger partial charge in [-0.1, -0.05) is 13.0 Å². The summed E-state index contributed by atoms with van der Waals surface area (Å²) in [6, 6.07) is 6.10. The van der Waals surface area contributed by atoms with Crippen molar-refractivity contribution in [2.24, 2.45) is 17.3 Å². The van der Waals surface area contributed by atoms with Crippen LogP contribution >= 0.6 is 0 Å². The summed E-state index contributed by atoms with van der Waals surface area (Å²) in [5.74, 6) is 2.74. The molecule has 0 radical (unpaired) electrons. The molecule has 2 fully saturated rings. The van der Waals surface area contributed by atoms with Crippen molar-refractivity contribution in [3.63, 3.8) is 0 Å². The predicted molar refractivity (Wildman–Crippen MR) is 106 cm³/mol. The van der Waals surface area contributed by atoms with Gasteiger partial charge >= 0.3 is 0 Å². The maximum absolute atomic E-state index is 9.83. The number of phenolic OH excluding ortho intramolecular Hbond substituents is 1. The van der Waals surface area contributed by atoms with Gasteiger partial charge in [0.05, 0.1) is 6.10 Å². The van der Waals surface area contributed by atoms with Crippen LogP contribution in [-0.2, 0) is 11.2 Å². The van der Waals surface area contributed by atoms with E-state index in [4.69, 9.17) is 4.74 Å². The summed E-state index contributed by atoms with van der Waals surface area (Å²) in [4.78, 5) is 2.24. The van der Waals surface area contributed by atoms with Crippen molar-refractivity contribution >= 4 is 0 Å². The third kappa shape index (κ3) is 3.18. The second-order valence-electron chi connectivity index (χ2n) is 9.44. The Labute approximate surface area is 158 Å². The van der Waals surface area contributed by atoms with Gasteiger partial charge in [-0.05, 0) is 112 Å². The fourth-order valence-electron chi connectivity index (χ4n) is 6.40. The minimum Gasteiger partial charge on any atom is -0.508 e. The van der Waals surface area contributed by atoms with Gasteiger partial charge in [-0.25, -0.2) is 0 Å². The van der Waals surface area contributed by atoms with E-state index in [9.17, 15) is 5.11 Å². The van der Waals surface area contributed by atoms with Crippen molar-refractivity contribution in [3.05, 3.63) is 29.3 Å². The number of phenols is 1. The molecule has 1 aromatic carbocycles. The zero-order valence-corrected chi connectivity index (χ0v) is 16.7. The number of hydrogen-bond donors (Lipinski definition) is 1. The van der Waals surface area contributed by atoms with Crippen molar-refractivity contribution < 1.29 is 9.84 Å². The first-order chi connectivity index (χ1) is 12.5. The number of ether oxygens (including phenoxy) is 1. The lowest BCUT2D eigenvalue weighted by molar-refractivity contribution is -0.0650. The second-order valence-corrected chi connectivity index (χ2v) is 9.44. The molecule has 3 nitrogen and oxygen atoms in total. The van der Waals surface area contributed by atoms with Crippen LogP contribution in [0.1, 0.15) is 62.5 Å². The van der Waals surface area contributed by atoms with E-state index in [1.807, 2.05) is 12.1 Å². The molecule has 0 saturated heterocycles. The molecule has 1 aromatic rings. The van der Waals surface area contributed by atoms with E-state index in [-0.39, 0.29) is 0 Å². The SMILES string of the molecule is CN(C)CCCO[C@H]1CC[C@H]2[C@@H]3CCc4cc(O)ccc4[C@H]3CC[C@]12C. The van der Waals surface area contributed by atoms with E-state index >= 15 is 0 Å². The van der Waals surface area contributed by atoms with Gasteiger partial charge in [0, 0.05) is 6.61 Å². The highest BCUT2D eigenvalue weighted by molar-refractivity contribution is 5.40. The summed E-state index contributed by atoms with van der Waals surface area (Å²) in [6.07, 6.45) is 9.16. The Kier molecular flexibility index (Phi) is 5.04. The second kappa shape index (κ2) is 7.16. The number of aromatic hydroxyl groups is 1. The molecular formula is C23H35NO2. The van der Waals surface area contributed by atoms with Crippen LogP contribution in [-0.4, -0.2) is 43.4 Å². The summed E-state index contributed by atoms with van der Waals surface area (Å²) in [5, 5.41) is 9.83. The molecule has 0 spiro atoms. The van der Waals surface area contributed by atoms with E-state index in [0.29, 0.717) is 23.2 Å². The molecule has 0 bridgehead atoms. The number of aryl methyl sites for hydroxylation is 1. The van der Waals surface area contributed by atoms with Crippen molar-refractivity contribution in [1.29, 1.82) is 0 Å². The molecular weight excluding hydrogens is 322 g/mol. The van der Waals surface area contributed by atoms with Crippen LogP contribution in [0.3, 0.4) is 0 Å². The molecule has 5 atom stereocenters. The summed E-state index contributed by atoms with van der Waals surface area (Å²) >= 11 is 0. The third-order valence-electron chi connectivity index (χ3n) is 7.69. The van der Waals surface area contributed by atoms with Crippen molar-refractivity contribution in [2.75, 3.05) is 27.2 Å². The number of rotatable bonds is 5. The standard InChI is InChI=1S/C23H35NO2/c1-23-12-11-19-18-8-6-17(25)15-16(18)5-7-20(19)21(23)9-10-22(23)26-14-4-13-24(2)3/h6,8,15,19-22,25H,4-5,7,9-14H2,1-3H3/t19-,20-,21+,22+,23+/m1/s1. The zero-order valence-electron chi connectivity index (χ0n) is 16.7. The monoisotopic (exact) mass is 357 g/mol. The third-order valence-corrected chi connectivity index (χ3v) is 7.69. The summed E-state index contributed by atoms with van der Waals surface area (Å²) in [5.41, 5.74) is 3.29. The quantitative estimate of drug-likeness (QED) is 0.783. The van der Waals surface area contributed by atoms with E-state index in [2.05, 4.69) is 32.0 Å². The van der Waals surface area contributed by atoms with E-state index < -0.39 is 0 Å². The molecule has 1 N–H and O–H groups in total. The van der Waals surface area contributed by atoms with Gasteiger partial charge < -0.3 is 14.7 Å². The molecule has 0 aromatic heterocycles. The van der Waals surface area contributed by atoms with Gasteiger partial charge in [0.2, 0.25) is 0 Å². The Morgan fingerprint density at radius 1 is 1.19 bits per heavy atom. The molecule has 3 aliphatic carbocycles. The van der Waals surface area contributed by atoms with E-state index in [1.54, 1.807) is 0 Å². The van der Waals surface area contributed by atoms with Gasteiger partial charge in [0.25, 0.3) is 0 Å². The van der Waals surface area contributed by atoms with Gasteiger partial charge in [0.1, 0.15) is 5.75 Å². The summed E-state index contributed by atoms with van der Waals surface area (Å²) in [6.45, 7) is 4.53. The van der Waals surface area contributed by atoms with Crippen LogP contribution in [0.25, 0.3) is 0 Å². The average molecular weight is 358 g/mol. The average Bonchev–Trinajstić information content (AvgIpc) is 2.94. The molecule has 2 saturated carbocycles. The van der Waals surface area contributed by atoms with Crippen molar-refractivity contribution in [3.8, 4) is 5.75 Å². The van der Waals surface area contributed by atoms with Crippen LogP contribution in [0.4, 0.5) is 0 Å². The van der Waals surface area contributed by atoms with E-state index in [0.717, 1.165) is 37.8 Å². The molecule has 0 heterocycles. The van der Waals surface area contributed by atoms with Gasteiger partial charge in [-0.2, -0.15) is 0 Å². The minimum atomic E-state index is 0.369. The van der Waals surface area contributed by atoms with Crippen LogP contribution in [0, 0.1) is 17.3 Å². The van der Waals surface area contributed by atoms with Crippen LogP contribution < -0.4 is 0 Å². The lowest BCUT2D eigenvalue weighted by Crippen LogP contribution is -2.44. The molecule has 26 heavy (non-hydrogen) atoms. The number of benzene rings is 1. The summed E-state index contributed by atoms with van der Waals surface area (Å²) < 4.78 is 6.43. The largest absolute Gasteiger partial charge is 0.508 e. The fraction of sp³-hybridized carbons (Fsp3) is 0.739. The van der Waals surface area contributed by atoms with Crippen molar-refractivity contribution in [1.82, 2.24) is 4.90 Å². The van der Waals surface area contributed by atoms with Crippen LogP contribution in [0.2, 0.25) is 0 Å². The molecule has 3 aliphatic rings. The normalized spacial score (nSPS) is 35.8. The molecule has 3 heteroatoms. The predicted octanol–water partition coefficient (Wildman–Crippen LogP) is 4.59. The number of hydrogen-bond acceptors (Lipinski definition) is 3. The fourth-order valence-corrected chi connectivity index (χ4v) is 6.40. The molecule has 4 rings (SSSR count). The number of nitrogens with zero attached hydrogens (tertiary/aromatic N) is 1.